The lowest BCUT2D eigenvalue weighted by atomic mass is 9.63. The van der Waals surface area contributed by atoms with Crippen molar-refractivity contribution in [2.24, 2.45) is 0 Å². The summed E-state index contributed by atoms with van der Waals surface area (Å²) in [5.41, 5.74) is 1.49. The largest absolute Gasteiger partial charge is 0.504 e. The maximum absolute atomic E-state index is 12.4. The average Bonchev–Trinajstić information content (AvgIpc) is 3.29. The van der Waals surface area contributed by atoms with Crippen molar-refractivity contribution in [2.45, 2.75) is 50.2 Å². The molecule has 2 bridgehead atoms. The van der Waals surface area contributed by atoms with Crippen molar-refractivity contribution in [3.63, 3.8) is 0 Å². The van der Waals surface area contributed by atoms with Crippen LogP contribution in [0.15, 0.2) is 41.2 Å². The van der Waals surface area contributed by atoms with Crippen LogP contribution in [0.4, 0.5) is 0 Å². The third kappa shape index (κ3) is 4.02. The van der Waals surface area contributed by atoms with E-state index < -0.39 is 5.60 Å². The summed E-state index contributed by atoms with van der Waals surface area (Å²) < 4.78 is 5.00. The van der Waals surface area contributed by atoms with E-state index in [1.807, 2.05) is 6.07 Å². The Balaban J connectivity index is 1.48. The molecule has 4 rings (SSSR count). The van der Waals surface area contributed by atoms with Crippen molar-refractivity contribution in [3.8, 4) is 11.5 Å². The molecule has 1 aliphatic carbocycles. The zero-order chi connectivity index (χ0) is 22.9. The van der Waals surface area contributed by atoms with E-state index in [0.717, 1.165) is 24.2 Å². The van der Waals surface area contributed by atoms with Gasteiger partial charge < -0.3 is 24.6 Å². The number of likely N-dealkylation sites (N-methyl/N-ethyl adjacent to an activating group) is 2. The van der Waals surface area contributed by atoms with Gasteiger partial charge in [0.25, 0.3) is 0 Å². The van der Waals surface area contributed by atoms with Gasteiger partial charge in [-0.05, 0) is 62.5 Å². The Morgan fingerprint density at radius 3 is 2.88 bits per heavy atom. The zero-order valence-corrected chi connectivity index (χ0v) is 18.7. The number of furan rings is 1. The fourth-order valence-corrected chi connectivity index (χ4v) is 5.46. The molecular formula is C25H32N2O5. The van der Waals surface area contributed by atoms with Crippen LogP contribution < -0.4 is 0 Å². The molecule has 1 amide bonds. The molecule has 3 atom stereocenters. The molecule has 7 heteroatoms. The molecule has 2 heterocycles. The van der Waals surface area contributed by atoms with E-state index in [-0.39, 0.29) is 29.4 Å². The number of amides is 1. The summed E-state index contributed by atoms with van der Waals surface area (Å²) in [7, 11) is 1.76. The minimum absolute atomic E-state index is 0.0512. The minimum Gasteiger partial charge on any atom is -0.504 e. The van der Waals surface area contributed by atoms with E-state index in [1.54, 1.807) is 36.6 Å². The third-order valence-corrected chi connectivity index (χ3v) is 7.19. The fourth-order valence-electron chi connectivity index (χ4n) is 5.46. The van der Waals surface area contributed by atoms with Gasteiger partial charge in [-0.2, -0.15) is 0 Å². The maximum atomic E-state index is 12.4. The van der Waals surface area contributed by atoms with Gasteiger partial charge in [0.05, 0.1) is 18.1 Å². The summed E-state index contributed by atoms with van der Waals surface area (Å²) in [6.45, 7) is 4.31. The summed E-state index contributed by atoms with van der Waals surface area (Å²) in [5, 5.41) is 32.6. The number of aliphatic hydroxyl groups is 1. The third-order valence-electron chi connectivity index (χ3n) is 7.19. The molecule has 1 aromatic heterocycles. The fraction of sp³-hybridized carbons (Fsp3) is 0.480. The predicted octanol–water partition coefficient (Wildman–Crippen LogP) is 3.11. The molecule has 0 saturated carbocycles. The Morgan fingerprint density at radius 2 is 2.16 bits per heavy atom. The first-order valence-electron chi connectivity index (χ1n) is 11.3. The van der Waals surface area contributed by atoms with Crippen LogP contribution in [0.5, 0.6) is 11.5 Å². The Hall–Kier alpha value is -2.77. The smallest absolute Gasteiger partial charge is 0.246 e. The van der Waals surface area contributed by atoms with Crippen molar-refractivity contribution in [3.05, 3.63) is 53.5 Å². The molecule has 1 aliphatic heterocycles. The minimum atomic E-state index is -1.02. The summed E-state index contributed by atoms with van der Waals surface area (Å²) >= 11 is 0. The van der Waals surface area contributed by atoms with E-state index in [9.17, 15) is 20.1 Å². The van der Waals surface area contributed by atoms with Gasteiger partial charge in [-0.3, -0.25) is 9.69 Å². The van der Waals surface area contributed by atoms with Gasteiger partial charge in [-0.1, -0.05) is 13.0 Å². The van der Waals surface area contributed by atoms with E-state index in [1.165, 1.54) is 12.1 Å². The average molecular weight is 441 g/mol. The quantitative estimate of drug-likeness (QED) is 0.452. The lowest BCUT2D eigenvalue weighted by Gasteiger charge is -2.55. The van der Waals surface area contributed by atoms with Crippen molar-refractivity contribution in [1.82, 2.24) is 9.80 Å². The van der Waals surface area contributed by atoms with Crippen molar-refractivity contribution < 1.29 is 24.5 Å². The molecule has 172 valence electrons. The molecule has 0 radical (unpaired) electrons. The summed E-state index contributed by atoms with van der Waals surface area (Å²) in [6.07, 6.45) is 8.86. The number of carbonyl (C=O) groups excluding carboxylic acids is 1. The predicted molar refractivity (Wildman–Crippen MR) is 121 cm³/mol. The highest BCUT2D eigenvalue weighted by atomic mass is 16.3. The van der Waals surface area contributed by atoms with Gasteiger partial charge in [-0.25, -0.2) is 0 Å². The number of rotatable bonds is 7. The molecule has 0 unspecified atom stereocenters. The van der Waals surface area contributed by atoms with E-state index in [2.05, 4.69) is 11.8 Å². The second-order valence-corrected chi connectivity index (χ2v) is 8.94. The number of phenols is 2. The van der Waals surface area contributed by atoms with E-state index in [4.69, 9.17) is 4.42 Å². The van der Waals surface area contributed by atoms with E-state index in [0.29, 0.717) is 37.8 Å². The molecule has 1 saturated heterocycles. The number of fused-ring (bicyclic) bond motifs is 4. The number of likely N-dealkylation sites (tertiary alicyclic amines) is 1. The van der Waals surface area contributed by atoms with Crippen LogP contribution in [0.25, 0.3) is 6.08 Å². The summed E-state index contributed by atoms with van der Waals surface area (Å²) in [5.74, 6) is -0.596. The van der Waals surface area contributed by atoms with Crippen LogP contribution in [0.2, 0.25) is 0 Å². The molecule has 1 fully saturated rings. The topological polar surface area (TPSA) is 97.4 Å². The number of hydrogen-bond acceptors (Lipinski definition) is 6. The lowest BCUT2D eigenvalue weighted by Crippen LogP contribution is -2.63. The van der Waals surface area contributed by atoms with Crippen LogP contribution in [0.3, 0.4) is 0 Å². The van der Waals surface area contributed by atoms with E-state index >= 15 is 0 Å². The SMILES string of the molecule is CCN1CC[C@H]2c3c(ccc(O)c3O)C[C@@H]1[C@]2(O)CCCN(C)C(=O)/C=C/c1ccoc1. The van der Waals surface area contributed by atoms with Gasteiger partial charge >= 0.3 is 0 Å². The van der Waals surface area contributed by atoms with Crippen LogP contribution in [0, 0.1) is 0 Å². The Bertz CT molecular complexity index is 986. The summed E-state index contributed by atoms with van der Waals surface area (Å²) in [6, 6.07) is 5.13. The van der Waals surface area contributed by atoms with Crippen LogP contribution in [-0.4, -0.2) is 69.4 Å². The standard InChI is InChI=1S/C25H32N2O5/c1-3-27-13-9-19-23-18(6-7-20(28)24(23)30)15-21(27)25(19,31)11-4-12-26(2)22(29)8-5-17-10-14-32-16-17/h5-8,10,14,16,19,21,28,30-31H,3-4,9,11-13,15H2,1-2H3/b8-5+/t19-,21+,25-/m0/s1. The van der Waals surface area contributed by atoms with Gasteiger partial charge in [0.2, 0.25) is 5.91 Å². The van der Waals surface area contributed by atoms with Gasteiger partial charge in [0.1, 0.15) is 0 Å². The van der Waals surface area contributed by atoms with Crippen LogP contribution in [0.1, 0.15) is 48.8 Å². The van der Waals surface area contributed by atoms with Crippen molar-refractivity contribution in [2.75, 3.05) is 26.7 Å². The first kappa shape index (κ1) is 22.4. The molecule has 0 spiro atoms. The monoisotopic (exact) mass is 440 g/mol. The normalized spacial score (nSPS) is 25.1. The number of phenolic OH excluding ortho intramolecular Hbond substituents is 2. The Morgan fingerprint density at radius 1 is 1.34 bits per heavy atom. The van der Waals surface area contributed by atoms with Crippen LogP contribution in [-0.2, 0) is 11.2 Å². The maximum Gasteiger partial charge on any atom is 0.246 e. The zero-order valence-electron chi connectivity index (χ0n) is 18.7. The molecular weight excluding hydrogens is 408 g/mol. The van der Waals surface area contributed by atoms with Crippen LogP contribution >= 0.6 is 0 Å². The van der Waals surface area contributed by atoms with Crippen molar-refractivity contribution in [1.29, 1.82) is 0 Å². The highest BCUT2D eigenvalue weighted by Gasteiger charge is 2.53. The Kier molecular flexibility index (Phi) is 6.31. The molecule has 3 N–H and O–H groups in total. The van der Waals surface area contributed by atoms with Gasteiger partial charge in [0.15, 0.2) is 11.5 Å². The number of aromatic hydroxyl groups is 2. The second kappa shape index (κ2) is 9.00. The van der Waals surface area contributed by atoms with Crippen molar-refractivity contribution >= 4 is 12.0 Å². The number of nitrogens with zero attached hydrogens (tertiary/aromatic N) is 2. The highest BCUT2D eigenvalue weighted by molar-refractivity contribution is 5.91. The summed E-state index contributed by atoms with van der Waals surface area (Å²) in [4.78, 5) is 16.4. The lowest BCUT2D eigenvalue weighted by molar-refractivity contribution is -0.126. The number of carbonyl (C=O) groups is 1. The number of benzene rings is 1. The first-order valence-corrected chi connectivity index (χ1v) is 11.3. The van der Waals surface area contributed by atoms with Gasteiger partial charge in [0, 0.05) is 42.8 Å². The molecule has 32 heavy (non-hydrogen) atoms. The number of hydrogen-bond donors (Lipinski definition) is 3. The molecule has 2 aromatic rings. The number of piperidine rings is 1. The first-order chi connectivity index (χ1) is 15.3. The molecule has 7 nitrogen and oxygen atoms in total. The molecule has 1 aromatic carbocycles. The second-order valence-electron chi connectivity index (χ2n) is 8.94. The Labute approximate surface area is 188 Å². The highest BCUT2D eigenvalue weighted by Crippen LogP contribution is 2.53. The molecule has 2 aliphatic rings. The van der Waals surface area contributed by atoms with Gasteiger partial charge in [-0.15, -0.1) is 0 Å².